The monoisotopic (exact) mass is 309 g/mol. The number of nitrogens with zero attached hydrogens (tertiary/aromatic N) is 1. The number of alkyl halides is 1. The highest BCUT2D eigenvalue weighted by molar-refractivity contribution is 9.10. The molecule has 2 rings (SSSR count). The smallest absolute Gasteiger partial charge is 0.240 e. The molecule has 1 aliphatic rings. The summed E-state index contributed by atoms with van der Waals surface area (Å²) in [5.41, 5.74) is -0.0463. The molecule has 0 saturated carbocycles. The number of rotatable bonds is 1. The Hall–Kier alpha value is -0.680. The van der Waals surface area contributed by atoms with E-state index in [1.165, 1.54) is 4.90 Å². The second-order valence-electron chi connectivity index (χ2n) is 3.46. The van der Waals surface area contributed by atoms with Gasteiger partial charge in [-0.25, -0.2) is 8.78 Å². The summed E-state index contributed by atoms with van der Waals surface area (Å²) in [7, 11) is 0. The van der Waals surface area contributed by atoms with Crippen molar-refractivity contribution in [3.8, 4) is 0 Å². The van der Waals surface area contributed by atoms with E-state index in [-0.39, 0.29) is 21.4 Å². The molecular formula is C10H7BrClF2NO. The van der Waals surface area contributed by atoms with Crippen molar-refractivity contribution in [3.05, 3.63) is 28.8 Å². The zero-order valence-corrected chi connectivity index (χ0v) is 10.4. The van der Waals surface area contributed by atoms with Crippen molar-refractivity contribution in [2.45, 2.75) is 11.2 Å². The molecule has 0 N–H and O–H groups in total. The highest BCUT2D eigenvalue weighted by atomic mass is 79.9. The molecule has 0 spiro atoms. The Morgan fingerprint density at radius 2 is 2.12 bits per heavy atom. The number of halogens is 4. The van der Waals surface area contributed by atoms with Crippen LogP contribution < -0.4 is 4.90 Å². The third-order valence-electron chi connectivity index (χ3n) is 2.39. The molecule has 1 aromatic rings. The molecule has 1 aliphatic heterocycles. The van der Waals surface area contributed by atoms with Gasteiger partial charge in [0.25, 0.3) is 0 Å². The molecule has 1 unspecified atom stereocenters. The number of benzene rings is 1. The third kappa shape index (κ3) is 1.94. The maximum atomic E-state index is 13.5. The lowest BCUT2D eigenvalue weighted by Gasteiger charge is -2.18. The fraction of sp³-hybridized carbons (Fsp3) is 0.300. The van der Waals surface area contributed by atoms with Gasteiger partial charge in [-0.2, -0.15) is 0 Å². The minimum atomic E-state index is -0.819. The number of carbonyl (C=O) groups is 1. The molecule has 0 aliphatic carbocycles. The van der Waals surface area contributed by atoms with Crippen LogP contribution in [0.2, 0.25) is 5.02 Å². The molecule has 1 atom stereocenters. The summed E-state index contributed by atoms with van der Waals surface area (Å²) in [5, 5.41) is -0.0903. The third-order valence-corrected chi connectivity index (χ3v) is 3.53. The molecule has 0 aromatic heterocycles. The Morgan fingerprint density at radius 1 is 1.44 bits per heavy atom. The quantitative estimate of drug-likeness (QED) is 0.730. The largest absolute Gasteiger partial charge is 0.307 e. The lowest BCUT2D eigenvalue weighted by molar-refractivity contribution is -0.116. The summed E-state index contributed by atoms with van der Waals surface area (Å²) in [6, 6.07) is 1.71. The summed E-state index contributed by atoms with van der Waals surface area (Å²) < 4.78 is 26.4. The van der Waals surface area contributed by atoms with Crippen LogP contribution in [0.25, 0.3) is 0 Å². The zero-order chi connectivity index (χ0) is 11.9. The van der Waals surface area contributed by atoms with Crippen molar-refractivity contribution in [3.63, 3.8) is 0 Å². The van der Waals surface area contributed by atoms with Gasteiger partial charge in [-0.1, -0.05) is 27.5 Å². The van der Waals surface area contributed by atoms with Gasteiger partial charge in [0.05, 0.1) is 15.5 Å². The topological polar surface area (TPSA) is 20.3 Å². The van der Waals surface area contributed by atoms with Crippen molar-refractivity contribution in [2.24, 2.45) is 0 Å². The van der Waals surface area contributed by atoms with Crippen LogP contribution in [0.1, 0.15) is 6.42 Å². The van der Waals surface area contributed by atoms with Crippen LogP contribution in [0.5, 0.6) is 0 Å². The van der Waals surface area contributed by atoms with Gasteiger partial charge in [-0.15, -0.1) is 0 Å². The van der Waals surface area contributed by atoms with Gasteiger partial charge in [-0.3, -0.25) is 4.79 Å². The number of anilines is 1. The Kier molecular flexibility index (Phi) is 3.17. The number of hydrogen-bond acceptors (Lipinski definition) is 1. The normalized spacial score (nSPS) is 20.6. The summed E-state index contributed by atoms with van der Waals surface area (Å²) in [4.78, 5) is 12.6. The predicted octanol–water partition coefficient (Wildman–Crippen LogP) is 3.12. The minimum absolute atomic E-state index is 0.0463. The average molecular weight is 311 g/mol. The van der Waals surface area contributed by atoms with Crippen LogP contribution in [-0.4, -0.2) is 17.3 Å². The van der Waals surface area contributed by atoms with Crippen LogP contribution in [0.3, 0.4) is 0 Å². The predicted molar refractivity (Wildman–Crippen MR) is 61.1 cm³/mol. The standard InChI is InChI=1S/C10H7BrClF2NO/c11-6-1-2-15(10(6)16)9-7(12)3-5(13)4-8(9)14/h3-4,6H,1-2H2. The molecular weight excluding hydrogens is 303 g/mol. The van der Waals surface area contributed by atoms with E-state index in [0.29, 0.717) is 13.0 Å². The lowest BCUT2D eigenvalue weighted by atomic mass is 10.2. The second kappa shape index (κ2) is 4.30. The average Bonchev–Trinajstić information content (AvgIpc) is 2.48. The van der Waals surface area contributed by atoms with Crippen LogP contribution in [0, 0.1) is 11.6 Å². The summed E-state index contributed by atoms with van der Waals surface area (Å²) >= 11 is 8.91. The van der Waals surface area contributed by atoms with Crippen LogP contribution in [0.4, 0.5) is 14.5 Å². The van der Waals surface area contributed by atoms with E-state index in [9.17, 15) is 13.6 Å². The Labute approximate surface area is 104 Å². The molecule has 1 saturated heterocycles. The highest BCUT2D eigenvalue weighted by Gasteiger charge is 2.33. The molecule has 16 heavy (non-hydrogen) atoms. The minimum Gasteiger partial charge on any atom is -0.307 e. The zero-order valence-electron chi connectivity index (χ0n) is 8.01. The second-order valence-corrected chi connectivity index (χ2v) is 4.98. The van der Waals surface area contributed by atoms with Crippen LogP contribution in [-0.2, 0) is 4.79 Å². The molecule has 86 valence electrons. The molecule has 1 amide bonds. The summed E-state index contributed by atoms with van der Waals surface area (Å²) in [5.74, 6) is -1.83. The first-order valence-corrected chi connectivity index (χ1v) is 5.90. The van der Waals surface area contributed by atoms with Gasteiger partial charge in [-0.05, 0) is 12.5 Å². The van der Waals surface area contributed by atoms with Crippen molar-refractivity contribution in [1.29, 1.82) is 0 Å². The van der Waals surface area contributed by atoms with E-state index in [1.807, 2.05) is 0 Å². The first-order chi connectivity index (χ1) is 7.50. The molecule has 6 heteroatoms. The van der Waals surface area contributed by atoms with Gasteiger partial charge in [0.1, 0.15) is 5.82 Å². The fourth-order valence-electron chi connectivity index (χ4n) is 1.66. The summed E-state index contributed by atoms with van der Waals surface area (Å²) in [6.45, 7) is 0.372. The first kappa shape index (κ1) is 11.8. The van der Waals surface area contributed by atoms with Crippen molar-refractivity contribution in [1.82, 2.24) is 0 Å². The van der Waals surface area contributed by atoms with Crippen molar-refractivity contribution < 1.29 is 13.6 Å². The van der Waals surface area contributed by atoms with Gasteiger partial charge < -0.3 is 4.90 Å². The van der Waals surface area contributed by atoms with Gasteiger partial charge >= 0.3 is 0 Å². The Bertz CT molecular complexity index is 431. The van der Waals surface area contributed by atoms with Crippen molar-refractivity contribution in [2.75, 3.05) is 11.4 Å². The van der Waals surface area contributed by atoms with E-state index < -0.39 is 11.6 Å². The molecule has 0 bridgehead atoms. The van der Waals surface area contributed by atoms with E-state index in [2.05, 4.69) is 15.9 Å². The van der Waals surface area contributed by atoms with Gasteiger partial charge in [0.2, 0.25) is 5.91 Å². The highest BCUT2D eigenvalue weighted by Crippen LogP contribution is 2.34. The van der Waals surface area contributed by atoms with E-state index in [4.69, 9.17) is 11.6 Å². The maximum absolute atomic E-state index is 13.5. The Balaban J connectivity index is 2.45. The summed E-state index contributed by atoms with van der Waals surface area (Å²) in [6.07, 6.45) is 0.575. The van der Waals surface area contributed by atoms with E-state index in [0.717, 1.165) is 12.1 Å². The fourth-order valence-corrected chi connectivity index (χ4v) is 2.41. The SMILES string of the molecule is O=C1C(Br)CCN1c1c(F)cc(F)cc1Cl. The lowest BCUT2D eigenvalue weighted by Crippen LogP contribution is -2.28. The number of amides is 1. The van der Waals surface area contributed by atoms with Gasteiger partial charge in [0.15, 0.2) is 5.82 Å². The van der Waals surface area contributed by atoms with Crippen LogP contribution in [0.15, 0.2) is 12.1 Å². The number of hydrogen-bond donors (Lipinski definition) is 0. The van der Waals surface area contributed by atoms with Crippen molar-refractivity contribution >= 4 is 39.1 Å². The Morgan fingerprint density at radius 3 is 2.62 bits per heavy atom. The molecule has 0 radical (unpaired) electrons. The van der Waals surface area contributed by atoms with Crippen LogP contribution >= 0.6 is 27.5 Å². The van der Waals surface area contributed by atoms with Gasteiger partial charge in [0, 0.05) is 12.6 Å². The molecule has 1 heterocycles. The first-order valence-electron chi connectivity index (χ1n) is 4.60. The van der Waals surface area contributed by atoms with E-state index >= 15 is 0 Å². The van der Waals surface area contributed by atoms with E-state index in [1.54, 1.807) is 0 Å². The number of carbonyl (C=O) groups excluding carboxylic acids is 1. The molecule has 1 aromatic carbocycles. The molecule has 1 fully saturated rings. The molecule has 2 nitrogen and oxygen atoms in total. The maximum Gasteiger partial charge on any atom is 0.240 e.